The van der Waals surface area contributed by atoms with Crippen LogP contribution in [0.1, 0.15) is 57.9 Å². The normalized spacial score (nSPS) is 16.7. The molecule has 1 aliphatic carbocycles. The third-order valence-corrected chi connectivity index (χ3v) is 5.28. The number of halogens is 2. The van der Waals surface area contributed by atoms with E-state index in [0.29, 0.717) is 6.54 Å². The quantitative estimate of drug-likeness (QED) is 0.828. The van der Waals surface area contributed by atoms with Gasteiger partial charge in [0.25, 0.3) is 0 Å². The summed E-state index contributed by atoms with van der Waals surface area (Å²) < 4.78 is 13.6. The van der Waals surface area contributed by atoms with E-state index in [9.17, 15) is 9.18 Å². The first-order chi connectivity index (χ1) is 10.5. The molecule has 0 aliphatic heterocycles. The van der Waals surface area contributed by atoms with Crippen molar-refractivity contribution in [2.24, 2.45) is 5.73 Å². The fourth-order valence-corrected chi connectivity index (χ4v) is 3.34. The van der Waals surface area contributed by atoms with Gasteiger partial charge in [-0.25, -0.2) is 4.39 Å². The van der Waals surface area contributed by atoms with Gasteiger partial charge in [-0.2, -0.15) is 0 Å². The van der Waals surface area contributed by atoms with Crippen molar-refractivity contribution in [2.75, 3.05) is 6.54 Å². The van der Waals surface area contributed by atoms with Crippen LogP contribution in [0.2, 0.25) is 0 Å². The van der Waals surface area contributed by atoms with Gasteiger partial charge < -0.3 is 11.1 Å². The predicted octanol–water partition coefficient (Wildman–Crippen LogP) is 3.69. The third-order valence-electron chi connectivity index (χ3n) is 5.28. The molecule has 0 bridgehead atoms. The van der Waals surface area contributed by atoms with Crippen LogP contribution in [0.3, 0.4) is 0 Å². The lowest BCUT2D eigenvalue weighted by Gasteiger charge is -2.32. The first kappa shape index (κ1) is 19.9. The van der Waals surface area contributed by atoms with E-state index in [-0.39, 0.29) is 29.7 Å². The van der Waals surface area contributed by atoms with Gasteiger partial charge in [0.15, 0.2) is 0 Å². The molecule has 0 heterocycles. The van der Waals surface area contributed by atoms with E-state index in [1.54, 1.807) is 6.07 Å². The first-order valence-electron chi connectivity index (χ1n) is 8.29. The number of carbonyl (C=O) groups excluding carboxylic acids is 1. The van der Waals surface area contributed by atoms with Crippen LogP contribution < -0.4 is 11.1 Å². The van der Waals surface area contributed by atoms with Gasteiger partial charge in [0.2, 0.25) is 5.91 Å². The number of benzene rings is 1. The number of carbonyl (C=O) groups is 1. The summed E-state index contributed by atoms with van der Waals surface area (Å²) >= 11 is 0. The molecule has 3 N–H and O–H groups in total. The predicted molar refractivity (Wildman–Crippen MR) is 94.3 cm³/mol. The molecule has 0 radical (unpaired) electrons. The molecule has 1 aromatic carbocycles. The number of hydrogen-bond donors (Lipinski definition) is 2. The van der Waals surface area contributed by atoms with Crippen molar-refractivity contribution in [3.8, 4) is 0 Å². The molecule has 0 atom stereocenters. The van der Waals surface area contributed by atoms with Crippen LogP contribution in [0, 0.1) is 5.82 Å². The maximum Gasteiger partial charge on any atom is 0.230 e. The standard InChI is InChI=1S/C18H27FN2O.ClH/c1-3-17(20,4-2)13-21-16(22)18(10-5-6-11-18)14-8-7-9-15(19)12-14;/h7-9,12H,3-6,10-11,13,20H2,1-2H3,(H,21,22);1H. The van der Waals surface area contributed by atoms with Crippen molar-refractivity contribution in [2.45, 2.75) is 63.3 Å². The molecule has 130 valence electrons. The average Bonchev–Trinajstić information content (AvgIpc) is 3.03. The maximum absolute atomic E-state index is 13.6. The molecule has 1 saturated carbocycles. The van der Waals surface area contributed by atoms with Crippen molar-refractivity contribution < 1.29 is 9.18 Å². The Morgan fingerprint density at radius 3 is 2.43 bits per heavy atom. The van der Waals surface area contributed by atoms with Crippen molar-refractivity contribution in [1.29, 1.82) is 0 Å². The Balaban J connectivity index is 0.00000264. The Hall–Kier alpha value is -1.13. The second-order valence-corrected chi connectivity index (χ2v) is 6.55. The molecular weight excluding hydrogens is 315 g/mol. The third kappa shape index (κ3) is 4.24. The van der Waals surface area contributed by atoms with Crippen LogP contribution in [0.5, 0.6) is 0 Å². The first-order valence-corrected chi connectivity index (χ1v) is 8.29. The lowest BCUT2D eigenvalue weighted by Crippen LogP contribution is -2.53. The van der Waals surface area contributed by atoms with Gasteiger partial charge in [-0.1, -0.05) is 38.8 Å². The topological polar surface area (TPSA) is 55.1 Å². The van der Waals surface area contributed by atoms with E-state index >= 15 is 0 Å². The summed E-state index contributed by atoms with van der Waals surface area (Å²) in [4.78, 5) is 12.9. The van der Waals surface area contributed by atoms with Crippen molar-refractivity contribution in [1.82, 2.24) is 5.32 Å². The number of amides is 1. The Morgan fingerprint density at radius 2 is 1.91 bits per heavy atom. The van der Waals surface area contributed by atoms with E-state index in [4.69, 9.17) is 5.73 Å². The summed E-state index contributed by atoms with van der Waals surface area (Å²) in [6.45, 7) is 4.54. The molecule has 0 saturated heterocycles. The van der Waals surface area contributed by atoms with E-state index in [2.05, 4.69) is 5.32 Å². The largest absolute Gasteiger partial charge is 0.353 e. The molecule has 1 fully saturated rings. The molecule has 2 rings (SSSR count). The van der Waals surface area contributed by atoms with Gasteiger partial charge in [0.1, 0.15) is 5.82 Å². The smallest absolute Gasteiger partial charge is 0.230 e. The highest BCUT2D eigenvalue weighted by Gasteiger charge is 2.43. The van der Waals surface area contributed by atoms with Gasteiger partial charge in [-0.15, -0.1) is 12.4 Å². The van der Waals surface area contributed by atoms with Gasteiger partial charge >= 0.3 is 0 Å². The van der Waals surface area contributed by atoms with Crippen LogP contribution in [-0.4, -0.2) is 18.0 Å². The summed E-state index contributed by atoms with van der Waals surface area (Å²) in [6, 6.07) is 6.47. The number of nitrogens with two attached hydrogens (primary N) is 1. The molecule has 23 heavy (non-hydrogen) atoms. The van der Waals surface area contributed by atoms with Crippen molar-refractivity contribution in [3.05, 3.63) is 35.6 Å². The van der Waals surface area contributed by atoms with Gasteiger partial charge in [-0.3, -0.25) is 4.79 Å². The molecule has 5 heteroatoms. The number of hydrogen-bond acceptors (Lipinski definition) is 2. The lowest BCUT2D eigenvalue weighted by atomic mass is 9.77. The summed E-state index contributed by atoms with van der Waals surface area (Å²) in [6.07, 6.45) is 5.18. The van der Waals surface area contributed by atoms with E-state index in [0.717, 1.165) is 44.1 Å². The van der Waals surface area contributed by atoms with Crippen molar-refractivity contribution in [3.63, 3.8) is 0 Å². The highest BCUT2D eigenvalue weighted by Crippen LogP contribution is 2.41. The van der Waals surface area contributed by atoms with Crippen LogP contribution in [0.4, 0.5) is 4.39 Å². The zero-order chi connectivity index (χ0) is 16.2. The van der Waals surface area contributed by atoms with E-state index in [1.807, 2.05) is 19.9 Å². The Morgan fingerprint density at radius 1 is 1.30 bits per heavy atom. The fraction of sp³-hybridized carbons (Fsp3) is 0.611. The lowest BCUT2D eigenvalue weighted by molar-refractivity contribution is -0.127. The number of rotatable bonds is 6. The number of nitrogens with one attached hydrogen (secondary N) is 1. The minimum Gasteiger partial charge on any atom is -0.353 e. The van der Waals surface area contributed by atoms with Crippen molar-refractivity contribution >= 4 is 18.3 Å². The zero-order valence-corrected chi connectivity index (χ0v) is 14.8. The van der Waals surface area contributed by atoms with Gasteiger partial charge in [0.05, 0.1) is 5.41 Å². The summed E-state index contributed by atoms with van der Waals surface area (Å²) in [5.41, 5.74) is 6.11. The fourth-order valence-electron chi connectivity index (χ4n) is 3.34. The maximum atomic E-state index is 13.6. The highest BCUT2D eigenvalue weighted by molar-refractivity contribution is 5.88. The van der Waals surface area contributed by atoms with Crippen LogP contribution in [0.15, 0.2) is 24.3 Å². The monoisotopic (exact) mass is 342 g/mol. The molecule has 0 aromatic heterocycles. The Kier molecular flexibility index (Phi) is 7.02. The highest BCUT2D eigenvalue weighted by atomic mass is 35.5. The van der Waals surface area contributed by atoms with E-state index in [1.165, 1.54) is 12.1 Å². The van der Waals surface area contributed by atoms with Crippen LogP contribution in [0.25, 0.3) is 0 Å². The Labute approximate surface area is 144 Å². The molecule has 1 amide bonds. The average molecular weight is 343 g/mol. The molecule has 0 spiro atoms. The summed E-state index contributed by atoms with van der Waals surface area (Å²) in [5.74, 6) is -0.292. The molecular formula is C18H28ClFN2O. The van der Waals surface area contributed by atoms with Crippen LogP contribution in [-0.2, 0) is 10.2 Å². The second-order valence-electron chi connectivity index (χ2n) is 6.55. The van der Waals surface area contributed by atoms with Gasteiger partial charge in [0, 0.05) is 12.1 Å². The minimum absolute atomic E-state index is 0. The second kappa shape index (κ2) is 8.11. The molecule has 3 nitrogen and oxygen atoms in total. The zero-order valence-electron chi connectivity index (χ0n) is 14.0. The minimum atomic E-state index is -0.593. The Bertz CT molecular complexity index is 526. The molecule has 1 aromatic rings. The molecule has 1 aliphatic rings. The van der Waals surface area contributed by atoms with Gasteiger partial charge in [-0.05, 0) is 43.4 Å². The molecule has 0 unspecified atom stereocenters. The summed E-state index contributed by atoms with van der Waals surface area (Å²) in [5, 5.41) is 3.04. The SMILES string of the molecule is CCC(N)(CC)CNC(=O)C1(c2cccc(F)c2)CCCC1.Cl. The van der Waals surface area contributed by atoms with Crippen LogP contribution >= 0.6 is 12.4 Å². The summed E-state index contributed by atoms with van der Waals surface area (Å²) in [7, 11) is 0. The van der Waals surface area contributed by atoms with E-state index < -0.39 is 5.41 Å².